The van der Waals surface area contributed by atoms with Crippen LogP contribution in [0.5, 0.6) is 5.75 Å². The van der Waals surface area contributed by atoms with Crippen LogP contribution in [0.25, 0.3) is 21.7 Å². The van der Waals surface area contributed by atoms with Crippen LogP contribution in [-0.2, 0) is 7.05 Å². The smallest absolute Gasteiger partial charge is 0.279 e. The molecule has 0 fully saturated rings. The fraction of sp³-hybridized carbons (Fsp3) is 0.120. The quantitative estimate of drug-likeness (QED) is 0.444. The van der Waals surface area contributed by atoms with Crippen LogP contribution in [0.3, 0.4) is 0 Å². The van der Waals surface area contributed by atoms with Gasteiger partial charge in [0, 0.05) is 12.6 Å². The normalized spacial score (nSPS) is 11.5. The summed E-state index contributed by atoms with van der Waals surface area (Å²) in [6.45, 7) is 1.97. The molecule has 0 aliphatic heterocycles. The third-order valence-corrected chi connectivity index (χ3v) is 6.07. The molecule has 5 heteroatoms. The average Bonchev–Trinajstić information content (AvgIpc) is 3.10. The Kier molecular flexibility index (Phi) is 5.63. The van der Waals surface area contributed by atoms with Gasteiger partial charge in [-0.1, -0.05) is 59.4 Å². The number of amides is 1. The number of aryl methyl sites for hydroxylation is 1. The summed E-state index contributed by atoms with van der Waals surface area (Å²) in [6.07, 6.45) is 0. The molecule has 0 aliphatic rings. The molecule has 0 radical (unpaired) electrons. The van der Waals surface area contributed by atoms with E-state index >= 15 is 0 Å². The number of ether oxygens (including phenoxy) is 1. The van der Waals surface area contributed by atoms with Crippen molar-refractivity contribution in [3.05, 3.63) is 94.8 Å². The predicted molar refractivity (Wildman–Crippen MR) is 122 cm³/mol. The first kappa shape index (κ1) is 19.9. The number of thiazole rings is 1. The van der Waals surface area contributed by atoms with Gasteiger partial charge in [-0.2, -0.15) is 4.99 Å². The van der Waals surface area contributed by atoms with Gasteiger partial charge in [-0.15, -0.1) is 0 Å². The zero-order chi connectivity index (χ0) is 21.1. The van der Waals surface area contributed by atoms with Crippen LogP contribution in [0.1, 0.15) is 15.9 Å². The van der Waals surface area contributed by atoms with Crippen molar-refractivity contribution in [2.24, 2.45) is 12.0 Å². The van der Waals surface area contributed by atoms with Gasteiger partial charge in [0.1, 0.15) is 5.75 Å². The first-order valence-corrected chi connectivity index (χ1v) is 10.4. The average molecular weight is 415 g/mol. The van der Waals surface area contributed by atoms with Crippen LogP contribution in [0.15, 0.2) is 83.9 Å². The highest BCUT2D eigenvalue weighted by molar-refractivity contribution is 7.13. The molecule has 1 aromatic heterocycles. The first-order chi connectivity index (χ1) is 14.6. The Morgan fingerprint density at radius 3 is 2.33 bits per heavy atom. The Morgan fingerprint density at radius 1 is 0.933 bits per heavy atom. The molecule has 0 saturated heterocycles. The van der Waals surface area contributed by atoms with Crippen LogP contribution >= 0.6 is 11.3 Å². The van der Waals surface area contributed by atoms with E-state index < -0.39 is 0 Å². The second kappa shape index (κ2) is 8.51. The van der Waals surface area contributed by atoms with Crippen molar-refractivity contribution in [3.8, 4) is 27.4 Å². The van der Waals surface area contributed by atoms with Gasteiger partial charge in [0.25, 0.3) is 5.91 Å². The molecule has 0 atom stereocenters. The van der Waals surface area contributed by atoms with Gasteiger partial charge in [-0.25, -0.2) is 0 Å². The highest BCUT2D eigenvalue weighted by Gasteiger charge is 2.16. The summed E-state index contributed by atoms with van der Waals surface area (Å²) in [5.41, 5.74) is 4.78. The lowest BCUT2D eigenvalue weighted by atomic mass is 10.1. The van der Waals surface area contributed by atoms with Crippen LogP contribution in [0, 0.1) is 6.92 Å². The summed E-state index contributed by atoms with van der Waals surface area (Å²) < 4.78 is 7.29. The maximum atomic E-state index is 12.8. The second-order valence-electron chi connectivity index (χ2n) is 7.00. The fourth-order valence-electron chi connectivity index (χ4n) is 3.34. The summed E-state index contributed by atoms with van der Waals surface area (Å²) in [4.78, 5) is 19.0. The largest absolute Gasteiger partial charge is 0.497 e. The van der Waals surface area contributed by atoms with E-state index in [9.17, 15) is 4.79 Å². The van der Waals surface area contributed by atoms with Gasteiger partial charge < -0.3 is 9.30 Å². The van der Waals surface area contributed by atoms with Gasteiger partial charge in [0.15, 0.2) is 4.80 Å². The molecule has 150 valence electrons. The number of aromatic nitrogens is 1. The van der Waals surface area contributed by atoms with Crippen molar-refractivity contribution in [2.45, 2.75) is 6.92 Å². The van der Waals surface area contributed by atoms with E-state index in [4.69, 9.17) is 4.74 Å². The van der Waals surface area contributed by atoms with Crippen LogP contribution < -0.4 is 9.54 Å². The minimum atomic E-state index is -0.239. The first-order valence-electron chi connectivity index (χ1n) is 9.62. The molecule has 30 heavy (non-hydrogen) atoms. The summed E-state index contributed by atoms with van der Waals surface area (Å²) >= 11 is 1.52. The van der Waals surface area contributed by atoms with Crippen molar-refractivity contribution in [3.63, 3.8) is 0 Å². The summed E-state index contributed by atoms with van der Waals surface area (Å²) in [5, 5.41) is 0. The highest BCUT2D eigenvalue weighted by Crippen LogP contribution is 2.34. The minimum absolute atomic E-state index is 0.239. The van der Waals surface area contributed by atoms with E-state index in [-0.39, 0.29) is 5.91 Å². The third-order valence-electron chi connectivity index (χ3n) is 4.89. The molecule has 0 saturated carbocycles. The number of carbonyl (C=O) groups is 1. The third kappa shape index (κ3) is 3.98. The molecule has 1 amide bonds. The van der Waals surface area contributed by atoms with E-state index in [2.05, 4.69) is 17.1 Å². The van der Waals surface area contributed by atoms with Gasteiger partial charge in [-0.05, 0) is 54.4 Å². The monoisotopic (exact) mass is 414 g/mol. The summed E-state index contributed by atoms with van der Waals surface area (Å²) in [6, 6.07) is 25.6. The number of carbonyl (C=O) groups excluding carboxylic acids is 1. The second-order valence-corrected chi connectivity index (χ2v) is 7.98. The van der Waals surface area contributed by atoms with Crippen molar-refractivity contribution in [2.75, 3.05) is 7.11 Å². The number of benzene rings is 3. The highest BCUT2D eigenvalue weighted by atomic mass is 32.1. The van der Waals surface area contributed by atoms with E-state index in [1.54, 1.807) is 13.2 Å². The lowest BCUT2D eigenvalue weighted by Crippen LogP contribution is -2.14. The van der Waals surface area contributed by atoms with Crippen LogP contribution in [-0.4, -0.2) is 17.6 Å². The fourth-order valence-corrected chi connectivity index (χ4v) is 4.49. The minimum Gasteiger partial charge on any atom is -0.497 e. The summed E-state index contributed by atoms with van der Waals surface area (Å²) in [7, 11) is 3.60. The number of methoxy groups -OCH3 is 1. The van der Waals surface area contributed by atoms with E-state index in [1.807, 2.05) is 79.2 Å². The van der Waals surface area contributed by atoms with Crippen LogP contribution in [0.2, 0.25) is 0 Å². The summed E-state index contributed by atoms with van der Waals surface area (Å²) in [5.74, 6) is 0.564. The number of nitrogens with zero attached hydrogens (tertiary/aromatic N) is 2. The van der Waals surface area contributed by atoms with Gasteiger partial charge >= 0.3 is 0 Å². The molecule has 3 aromatic carbocycles. The topological polar surface area (TPSA) is 43.6 Å². The Labute approximate surface area is 179 Å². The van der Waals surface area contributed by atoms with Crippen molar-refractivity contribution >= 4 is 17.2 Å². The zero-order valence-electron chi connectivity index (χ0n) is 17.1. The number of hydrogen-bond donors (Lipinski definition) is 0. The molecule has 4 rings (SSSR count). The Bertz CT molecular complexity index is 1250. The molecular formula is C25H22N2O2S. The standard InChI is InChI=1S/C25H22N2O2S/c1-17-8-7-11-20(16-17)24(28)26-25-27(2)22(18-12-14-21(29-3)15-13-18)23(30-25)19-9-5-4-6-10-19/h4-16H,1-3H3. The molecular weight excluding hydrogens is 392 g/mol. The molecule has 1 heterocycles. The Hall–Kier alpha value is -3.44. The van der Waals surface area contributed by atoms with Gasteiger partial charge in [0.05, 0.1) is 17.7 Å². The molecule has 4 nitrogen and oxygen atoms in total. The van der Waals surface area contributed by atoms with Gasteiger partial charge in [0.2, 0.25) is 0 Å². The number of hydrogen-bond acceptors (Lipinski definition) is 3. The molecule has 0 unspecified atom stereocenters. The van der Waals surface area contributed by atoms with E-state index in [0.29, 0.717) is 10.4 Å². The molecule has 0 spiro atoms. The van der Waals surface area contributed by atoms with Crippen LogP contribution in [0.4, 0.5) is 0 Å². The lowest BCUT2D eigenvalue weighted by Gasteiger charge is -2.08. The number of rotatable bonds is 4. The molecule has 0 N–H and O–H groups in total. The maximum absolute atomic E-state index is 12.8. The molecule has 0 aliphatic carbocycles. The lowest BCUT2D eigenvalue weighted by molar-refractivity contribution is 0.0998. The van der Waals surface area contributed by atoms with Gasteiger partial charge in [-0.3, -0.25) is 4.79 Å². The predicted octanol–water partition coefficient (Wildman–Crippen LogP) is 5.48. The van der Waals surface area contributed by atoms with Crippen molar-refractivity contribution in [1.29, 1.82) is 0 Å². The Balaban J connectivity index is 1.88. The SMILES string of the molecule is COc1ccc(-c2c(-c3ccccc3)sc(=NC(=O)c3cccc(C)c3)n2C)cc1. The molecule has 4 aromatic rings. The maximum Gasteiger partial charge on any atom is 0.279 e. The molecule has 0 bridgehead atoms. The zero-order valence-corrected chi connectivity index (χ0v) is 17.9. The van der Waals surface area contributed by atoms with Crippen molar-refractivity contribution < 1.29 is 9.53 Å². The Morgan fingerprint density at radius 2 is 1.67 bits per heavy atom. The van der Waals surface area contributed by atoms with E-state index in [1.165, 1.54) is 11.3 Å². The van der Waals surface area contributed by atoms with E-state index in [0.717, 1.165) is 33.0 Å². The van der Waals surface area contributed by atoms with Crippen molar-refractivity contribution in [1.82, 2.24) is 4.57 Å².